The molecule has 6 N–H and O–H groups in total. The number of amidine groups is 1. The summed E-state index contributed by atoms with van der Waals surface area (Å²) in [5.41, 5.74) is 3.90. The van der Waals surface area contributed by atoms with Crippen LogP contribution in [0.25, 0.3) is 11.1 Å². The molecule has 0 aliphatic carbocycles. The summed E-state index contributed by atoms with van der Waals surface area (Å²) in [4.78, 5) is 22.7. The van der Waals surface area contributed by atoms with Crippen molar-refractivity contribution >= 4 is 38.9 Å². The summed E-state index contributed by atoms with van der Waals surface area (Å²) in [5.74, 6) is -3.13. The van der Waals surface area contributed by atoms with E-state index in [1.54, 1.807) is 72.8 Å². The fourth-order valence-corrected chi connectivity index (χ4v) is 5.15. The summed E-state index contributed by atoms with van der Waals surface area (Å²) in [6, 6.07) is 20.7. The zero-order chi connectivity index (χ0) is 31.8. The molecule has 0 bridgehead atoms. The topological polar surface area (TPSA) is 178 Å². The average molecular weight is 623 g/mol. The van der Waals surface area contributed by atoms with Crippen molar-refractivity contribution in [2.45, 2.75) is 29.5 Å². The van der Waals surface area contributed by atoms with Gasteiger partial charge in [-0.25, -0.2) is 13.2 Å². The summed E-state index contributed by atoms with van der Waals surface area (Å²) >= 11 is 0. The van der Waals surface area contributed by atoms with Gasteiger partial charge in [0.15, 0.2) is 9.84 Å². The first kappa shape index (κ1) is 33.0. The van der Waals surface area contributed by atoms with E-state index >= 15 is 0 Å². The van der Waals surface area contributed by atoms with Crippen molar-refractivity contribution in [2.75, 3.05) is 30.1 Å². The Morgan fingerprint density at radius 1 is 0.953 bits per heavy atom. The smallest absolute Gasteiger partial charge is 0.475 e. The molecule has 1 heterocycles. The maximum Gasteiger partial charge on any atom is 0.490 e. The molecule has 3 aromatic carbocycles. The summed E-state index contributed by atoms with van der Waals surface area (Å²) in [7, 11) is -3.39. The number of amides is 1. The quantitative estimate of drug-likeness (QED) is 0.127. The zero-order valence-corrected chi connectivity index (χ0v) is 23.6. The van der Waals surface area contributed by atoms with Crippen molar-refractivity contribution in [2.24, 2.45) is 0 Å². The maximum atomic E-state index is 13.5. The molecule has 1 saturated heterocycles. The van der Waals surface area contributed by atoms with E-state index in [1.165, 1.54) is 6.26 Å². The highest BCUT2D eigenvalue weighted by Crippen LogP contribution is 2.31. The molecule has 11 nitrogen and oxygen atoms in total. The van der Waals surface area contributed by atoms with Gasteiger partial charge >= 0.3 is 12.1 Å². The number of alkyl halides is 3. The van der Waals surface area contributed by atoms with Gasteiger partial charge in [0, 0.05) is 54.8 Å². The van der Waals surface area contributed by atoms with Crippen LogP contribution < -0.4 is 16.1 Å². The second-order valence-electron chi connectivity index (χ2n) is 9.49. The van der Waals surface area contributed by atoms with E-state index in [4.69, 9.17) is 25.3 Å². The van der Waals surface area contributed by atoms with Crippen LogP contribution in [0.4, 0.5) is 24.5 Å². The number of sulfone groups is 1. The standard InChI is InChI=1S/C26H28N4O5S.C2HF3O2/c1-36(33,34)23-8-3-2-7-22(23)18-9-11-20(12-10-18)28-25(31)26(13-15-35-16-14-26)29-21-6-4-5-19(17-21)24(27)30-32;3-2(4,5)1(6)7/h2-12,17,29,32H,13-16H2,1H3,(H2,27,30)(H,28,31);(H,6,7). The van der Waals surface area contributed by atoms with Crippen molar-refractivity contribution in [3.05, 3.63) is 78.4 Å². The van der Waals surface area contributed by atoms with E-state index in [0.29, 0.717) is 48.6 Å². The number of ether oxygens (including phenoxy) is 1. The minimum atomic E-state index is -5.08. The number of carboxylic acids is 1. The number of carbonyl (C=O) groups is 2. The number of halogens is 3. The normalized spacial score (nSPS) is 14.4. The van der Waals surface area contributed by atoms with Gasteiger partial charge in [0.2, 0.25) is 5.91 Å². The highest BCUT2D eigenvalue weighted by Gasteiger charge is 2.40. The van der Waals surface area contributed by atoms with Crippen LogP contribution in [0.5, 0.6) is 0 Å². The molecule has 0 spiro atoms. The molecule has 1 aliphatic heterocycles. The highest BCUT2D eigenvalue weighted by molar-refractivity contribution is 7.90. The van der Waals surface area contributed by atoms with Crippen molar-refractivity contribution < 1.29 is 46.2 Å². The monoisotopic (exact) mass is 622 g/mol. The Kier molecular flexibility index (Phi) is 10.5. The van der Waals surface area contributed by atoms with Gasteiger partial charge in [-0.3, -0.25) is 20.9 Å². The largest absolute Gasteiger partial charge is 0.490 e. The third-order valence-electron chi connectivity index (χ3n) is 6.41. The molecule has 1 fully saturated rings. The summed E-state index contributed by atoms with van der Waals surface area (Å²) in [6.07, 6.45) is -3.02. The Labute approximate surface area is 245 Å². The first-order chi connectivity index (χ1) is 20.2. The molecule has 4 rings (SSSR count). The van der Waals surface area contributed by atoms with Crippen LogP contribution in [-0.4, -0.2) is 67.6 Å². The van der Waals surface area contributed by atoms with Gasteiger partial charge in [0.25, 0.3) is 0 Å². The second-order valence-corrected chi connectivity index (χ2v) is 11.5. The van der Waals surface area contributed by atoms with Crippen LogP contribution in [0.2, 0.25) is 0 Å². The van der Waals surface area contributed by atoms with Gasteiger partial charge in [0.05, 0.1) is 4.90 Å². The predicted octanol–water partition coefficient (Wildman–Crippen LogP) is 4.29. The molecular formula is C28H29F3N4O7S. The van der Waals surface area contributed by atoms with E-state index in [0.717, 1.165) is 5.56 Å². The van der Waals surface area contributed by atoms with Crippen molar-refractivity contribution in [1.82, 2.24) is 5.48 Å². The van der Waals surface area contributed by atoms with Gasteiger partial charge < -0.3 is 20.5 Å². The Hall–Kier alpha value is -4.47. The third-order valence-corrected chi connectivity index (χ3v) is 7.57. The lowest BCUT2D eigenvalue weighted by atomic mass is 9.88. The highest BCUT2D eigenvalue weighted by atomic mass is 32.2. The molecule has 0 radical (unpaired) electrons. The van der Waals surface area contributed by atoms with Crippen LogP contribution in [0.3, 0.4) is 0 Å². The molecule has 230 valence electrons. The Morgan fingerprint density at radius 2 is 1.56 bits per heavy atom. The minimum Gasteiger partial charge on any atom is -0.475 e. The third kappa shape index (κ3) is 8.76. The Balaban J connectivity index is 0.000000646. The van der Waals surface area contributed by atoms with E-state index in [2.05, 4.69) is 10.6 Å². The lowest BCUT2D eigenvalue weighted by Crippen LogP contribution is -2.53. The van der Waals surface area contributed by atoms with E-state index in [-0.39, 0.29) is 16.6 Å². The van der Waals surface area contributed by atoms with Gasteiger partial charge in [-0.15, -0.1) is 0 Å². The Morgan fingerprint density at radius 3 is 2.12 bits per heavy atom. The number of carboxylic acid groups (broad SMARTS) is 1. The van der Waals surface area contributed by atoms with Crippen molar-refractivity contribution in [3.63, 3.8) is 0 Å². The average Bonchev–Trinajstić information content (AvgIpc) is 2.97. The number of rotatable bonds is 7. The molecule has 0 saturated carbocycles. The van der Waals surface area contributed by atoms with Crippen LogP contribution in [-0.2, 0) is 24.2 Å². The molecule has 0 aromatic heterocycles. The fourth-order valence-electron chi connectivity index (χ4n) is 4.23. The summed E-state index contributed by atoms with van der Waals surface area (Å²) in [6.45, 7) is 0.824. The fraction of sp³-hybridized carbons (Fsp3) is 0.250. The molecule has 3 aromatic rings. The molecule has 43 heavy (non-hydrogen) atoms. The number of carbonyl (C=O) groups excluding carboxylic acids is 1. The van der Waals surface area contributed by atoms with E-state index in [1.807, 2.05) is 5.48 Å². The van der Waals surface area contributed by atoms with Gasteiger partial charge in [-0.1, -0.05) is 42.5 Å². The van der Waals surface area contributed by atoms with Crippen LogP contribution in [0.1, 0.15) is 18.4 Å². The number of benzene rings is 3. The molecule has 0 atom stereocenters. The molecular weight excluding hydrogens is 593 g/mol. The molecule has 0 unspecified atom stereocenters. The first-order valence-electron chi connectivity index (χ1n) is 12.6. The van der Waals surface area contributed by atoms with Gasteiger partial charge in [-0.2, -0.15) is 13.2 Å². The van der Waals surface area contributed by atoms with Crippen molar-refractivity contribution in [1.29, 1.82) is 5.41 Å². The molecule has 1 amide bonds. The van der Waals surface area contributed by atoms with Crippen molar-refractivity contribution in [3.8, 4) is 11.1 Å². The Bertz CT molecular complexity index is 1570. The van der Waals surface area contributed by atoms with Gasteiger partial charge in [-0.05, 0) is 35.9 Å². The van der Waals surface area contributed by atoms with Crippen LogP contribution in [0, 0.1) is 5.41 Å². The zero-order valence-electron chi connectivity index (χ0n) is 22.7. The predicted molar refractivity (Wildman–Crippen MR) is 152 cm³/mol. The molecule has 1 aliphatic rings. The summed E-state index contributed by atoms with van der Waals surface area (Å²) in [5, 5.41) is 30.3. The minimum absolute atomic E-state index is 0.151. The lowest BCUT2D eigenvalue weighted by molar-refractivity contribution is -0.192. The number of anilines is 2. The number of hydroxylamine groups is 1. The molecule has 15 heteroatoms. The summed E-state index contributed by atoms with van der Waals surface area (Å²) < 4.78 is 61.6. The number of aliphatic carboxylic acids is 1. The van der Waals surface area contributed by atoms with Crippen LogP contribution >= 0.6 is 0 Å². The number of hydrogen-bond donors (Lipinski definition) is 6. The lowest BCUT2D eigenvalue weighted by Gasteiger charge is -2.37. The number of hydrogen-bond acceptors (Lipinski definition) is 8. The number of nitrogens with one attached hydrogen (secondary N) is 4. The first-order valence-corrected chi connectivity index (χ1v) is 14.5. The van der Waals surface area contributed by atoms with Crippen LogP contribution in [0.15, 0.2) is 77.7 Å². The second kappa shape index (κ2) is 13.7. The van der Waals surface area contributed by atoms with Gasteiger partial charge in [0.1, 0.15) is 11.4 Å². The van der Waals surface area contributed by atoms with E-state index < -0.39 is 27.5 Å². The SMILES string of the molecule is CS(=O)(=O)c1ccccc1-c1ccc(NC(=O)C2(Nc3cccc(C(=N)NO)c3)CCOCC2)cc1.O=C(O)C(F)(F)F. The van der Waals surface area contributed by atoms with E-state index in [9.17, 15) is 26.4 Å². The maximum absolute atomic E-state index is 13.5.